The highest BCUT2D eigenvalue weighted by Gasteiger charge is 2.29. The van der Waals surface area contributed by atoms with Crippen molar-refractivity contribution in [2.45, 2.75) is 64.1 Å². The highest BCUT2D eigenvalue weighted by molar-refractivity contribution is 14.0. The van der Waals surface area contributed by atoms with Crippen LogP contribution in [-0.4, -0.2) is 67.6 Å². The molecular formula is C21H38IN5O. The third kappa shape index (κ3) is 6.91. The van der Waals surface area contributed by atoms with Gasteiger partial charge in [-0.15, -0.1) is 24.0 Å². The lowest BCUT2D eigenvalue weighted by Gasteiger charge is -2.33. The molecule has 0 aromatic carbocycles. The van der Waals surface area contributed by atoms with Crippen molar-refractivity contribution in [3.8, 4) is 0 Å². The number of likely N-dealkylation sites (N-methyl/N-ethyl adjacent to an activating group) is 1. The van der Waals surface area contributed by atoms with Crippen LogP contribution in [0.3, 0.4) is 0 Å². The van der Waals surface area contributed by atoms with E-state index in [1.807, 2.05) is 6.07 Å². The first-order valence-corrected chi connectivity index (χ1v) is 10.7. The molecule has 0 radical (unpaired) electrons. The smallest absolute Gasteiger partial charge is 0.191 e. The van der Waals surface area contributed by atoms with E-state index in [1.54, 1.807) is 6.26 Å². The molecule has 0 spiro atoms. The molecule has 7 heteroatoms. The van der Waals surface area contributed by atoms with Crippen molar-refractivity contribution in [2.75, 3.05) is 39.8 Å². The van der Waals surface area contributed by atoms with Crippen LogP contribution in [0.1, 0.15) is 57.8 Å². The summed E-state index contributed by atoms with van der Waals surface area (Å²) in [6, 6.07) is 5.58. The molecule has 1 saturated heterocycles. The maximum Gasteiger partial charge on any atom is 0.191 e. The van der Waals surface area contributed by atoms with Gasteiger partial charge in [0, 0.05) is 25.2 Å². The minimum Gasteiger partial charge on any atom is -0.468 e. The molecule has 28 heavy (non-hydrogen) atoms. The number of rotatable bonds is 9. The van der Waals surface area contributed by atoms with E-state index in [1.165, 1.54) is 32.1 Å². The van der Waals surface area contributed by atoms with Crippen molar-refractivity contribution in [3.63, 3.8) is 0 Å². The lowest BCUT2D eigenvalue weighted by molar-refractivity contribution is 0.146. The third-order valence-corrected chi connectivity index (χ3v) is 5.84. The predicted octanol–water partition coefficient (Wildman–Crippen LogP) is 3.46. The molecule has 3 rings (SSSR count). The number of aliphatic imine (C=N–C) groups is 1. The Labute approximate surface area is 187 Å². The first kappa shape index (κ1) is 23.5. The highest BCUT2D eigenvalue weighted by Crippen LogP contribution is 2.27. The summed E-state index contributed by atoms with van der Waals surface area (Å²) in [4.78, 5) is 9.86. The van der Waals surface area contributed by atoms with E-state index in [2.05, 4.69) is 47.4 Å². The standard InChI is InChI=1S/C21H37N5O.HI/c1-4-22-21(23-15-17(2)25(3)18-10-11-18)24-16-19(20-9-8-14-27-20)26-12-6-5-7-13-26;/h8-9,14,17-19H,4-7,10-13,15-16H2,1-3H3,(H2,22,23,24);1H. The van der Waals surface area contributed by atoms with Gasteiger partial charge in [-0.3, -0.25) is 14.8 Å². The van der Waals surface area contributed by atoms with Gasteiger partial charge in [-0.2, -0.15) is 0 Å². The maximum atomic E-state index is 5.76. The Bertz CT molecular complexity index is 569. The molecule has 1 aromatic rings. The van der Waals surface area contributed by atoms with Crippen molar-refractivity contribution in [1.29, 1.82) is 0 Å². The maximum absolute atomic E-state index is 5.76. The lowest BCUT2D eigenvalue weighted by atomic mass is 10.1. The van der Waals surface area contributed by atoms with Crippen LogP contribution in [0.25, 0.3) is 0 Å². The number of nitrogens with one attached hydrogen (secondary N) is 2. The Morgan fingerprint density at radius 3 is 2.64 bits per heavy atom. The van der Waals surface area contributed by atoms with Crippen LogP contribution in [0.15, 0.2) is 27.8 Å². The van der Waals surface area contributed by atoms with E-state index in [0.29, 0.717) is 6.04 Å². The molecule has 1 aliphatic carbocycles. The number of halogens is 1. The summed E-state index contributed by atoms with van der Waals surface area (Å²) in [6.07, 6.45) is 8.34. The lowest BCUT2D eigenvalue weighted by Crippen LogP contribution is -2.45. The number of guanidine groups is 1. The van der Waals surface area contributed by atoms with Gasteiger partial charge in [-0.25, -0.2) is 0 Å². The molecule has 2 aliphatic rings. The van der Waals surface area contributed by atoms with E-state index in [0.717, 1.165) is 50.5 Å². The number of furan rings is 1. The van der Waals surface area contributed by atoms with Gasteiger partial charge >= 0.3 is 0 Å². The normalized spacial score (nSPS) is 20.5. The average Bonchev–Trinajstić information content (AvgIpc) is 3.41. The molecule has 1 saturated carbocycles. The van der Waals surface area contributed by atoms with Crippen molar-refractivity contribution >= 4 is 29.9 Å². The summed E-state index contributed by atoms with van der Waals surface area (Å²) in [5, 5.41) is 6.96. The number of likely N-dealkylation sites (tertiary alicyclic amines) is 1. The van der Waals surface area contributed by atoms with Gasteiger partial charge in [0.2, 0.25) is 0 Å². The molecule has 2 heterocycles. The largest absolute Gasteiger partial charge is 0.468 e. The van der Waals surface area contributed by atoms with E-state index >= 15 is 0 Å². The summed E-state index contributed by atoms with van der Waals surface area (Å²) < 4.78 is 5.76. The summed E-state index contributed by atoms with van der Waals surface area (Å²) in [6.45, 7) is 9.17. The van der Waals surface area contributed by atoms with Crippen molar-refractivity contribution in [1.82, 2.24) is 20.4 Å². The molecule has 2 atom stereocenters. The van der Waals surface area contributed by atoms with E-state index in [9.17, 15) is 0 Å². The van der Waals surface area contributed by atoms with Crippen LogP contribution < -0.4 is 10.6 Å². The predicted molar refractivity (Wildman–Crippen MR) is 127 cm³/mol. The molecule has 6 nitrogen and oxygen atoms in total. The molecular weight excluding hydrogens is 465 g/mol. The first-order chi connectivity index (χ1) is 13.2. The number of piperidine rings is 1. The summed E-state index contributed by atoms with van der Waals surface area (Å²) in [5.74, 6) is 1.95. The third-order valence-electron chi connectivity index (χ3n) is 5.84. The minimum atomic E-state index is 0. The van der Waals surface area contributed by atoms with Crippen LogP contribution >= 0.6 is 24.0 Å². The van der Waals surface area contributed by atoms with Gasteiger partial charge in [0.25, 0.3) is 0 Å². The second kappa shape index (κ2) is 12.0. The van der Waals surface area contributed by atoms with Crippen LogP contribution in [0, 0.1) is 0 Å². The van der Waals surface area contributed by atoms with Crippen molar-refractivity contribution in [2.24, 2.45) is 4.99 Å². The first-order valence-electron chi connectivity index (χ1n) is 10.7. The Balaban J connectivity index is 0.00000280. The fourth-order valence-electron chi connectivity index (χ4n) is 3.85. The zero-order chi connectivity index (χ0) is 19.1. The van der Waals surface area contributed by atoms with E-state index in [-0.39, 0.29) is 30.0 Å². The number of hydrogen-bond acceptors (Lipinski definition) is 4. The highest BCUT2D eigenvalue weighted by atomic mass is 127. The van der Waals surface area contributed by atoms with Crippen LogP contribution in [0.5, 0.6) is 0 Å². The molecule has 2 fully saturated rings. The molecule has 1 aliphatic heterocycles. The Morgan fingerprint density at radius 2 is 2.04 bits per heavy atom. The van der Waals surface area contributed by atoms with Gasteiger partial charge in [-0.1, -0.05) is 6.42 Å². The molecule has 0 bridgehead atoms. The number of hydrogen-bond donors (Lipinski definition) is 2. The van der Waals surface area contributed by atoms with E-state index < -0.39 is 0 Å². The van der Waals surface area contributed by atoms with Gasteiger partial charge in [0.05, 0.1) is 18.8 Å². The van der Waals surface area contributed by atoms with Crippen molar-refractivity contribution in [3.05, 3.63) is 24.2 Å². The average molecular weight is 503 g/mol. The SMILES string of the molecule is CCNC(=NCC(C)N(C)C1CC1)NCC(c1ccco1)N1CCCCC1.I. The summed E-state index contributed by atoms with van der Waals surface area (Å²) in [5.41, 5.74) is 0. The van der Waals surface area contributed by atoms with Crippen LogP contribution in [-0.2, 0) is 0 Å². The minimum absolute atomic E-state index is 0. The topological polar surface area (TPSA) is 56.0 Å². The Kier molecular flexibility index (Phi) is 10.1. The summed E-state index contributed by atoms with van der Waals surface area (Å²) >= 11 is 0. The molecule has 0 amide bonds. The zero-order valence-corrected chi connectivity index (χ0v) is 20.0. The molecule has 1 aromatic heterocycles. The second-order valence-electron chi connectivity index (χ2n) is 7.97. The zero-order valence-electron chi connectivity index (χ0n) is 17.7. The van der Waals surface area contributed by atoms with Gasteiger partial charge < -0.3 is 15.1 Å². The fraction of sp³-hybridized carbons (Fsp3) is 0.762. The number of nitrogens with zero attached hydrogens (tertiary/aromatic N) is 3. The Hall–Kier alpha value is -0.800. The van der Waals surface area contributed by atoms with Crippen molar-refractivity contribution < 1.29 is 4.42 Å². The van der Waals surface area contributed by atoms with Gasteiger partial charge in [0.1, 0.15) is 5.76 Å². The van der Waals surface area contributed by atoms with Gasteiger partial charge in [-0.05, 0) is 71.8 Å². The van der Waals surface area contributed by atoms with E-state index in [4.69, 9.17) is 9.41 Å². The summed E-state index contributed by atoms with van der Waals surface area (Å²) in [7, 11) is 2.22. The van der Waals surface area contributed by atoms with Gasteiger partial charge in [0.15, 0.2) is 5.96 Å². The van der Waals surface area contributed by atoms with Crippen LogP contribution in [0.4, 0.5) is 0 Å². The molecule has 2 N–H and O–H groups in total. The second-order valence-corrected chi connectivity index (χ2v) is 7.97. The quantitative estimate of drug-likeness (QED) is 0.307. The monoisotopic (exact) mass is 503 g/mol. The van der Waals surface area contributed by atoms with Crippen LogP contribution in [0.2, 0.25) is 0 Å². The Morgan fingerprint density at radius 1 is 1.29 bits per heavy atom. The molecule has 160 valence electrons. The molecule has 2 unspecified atom stereocenters. The fourth-order valence-corrected chi connectivity index (χ4v) is 3.85.